The van der Waals surface area contributed by atoms with Crippen LogP contribution in [0.5, 0.6) is 0 Å². The third kappa shape index (κ3) is 6.15. The number of pyridine rings is 1. The number of nitrogens with one attached hydrogen (secondary N) is 1. The van der Waals surface area contributed by atoms with Crippen molar-refractivity contribution < 1.29 is 0 Å². The molecule has 2 heteroatoms. The standard InChI is InChI=1S/C16H28N2/c1-3-5-6-7-8-9-10-16(18-4-2)15-11-13-17-14-12-15/h11-14,16,18H,3-10H2,1-2H3. The molecule has 0 aliphatic rings. The van der Waals surface area contributed by atoms with E-state index in [4.69, 9.17) is 0 Å². The van der Waals surface area contributed by atoms with Crippen LogP contribution in [-0.4, -0.2) is 11.5 Å². The highest BCUT2D eigenvalue weighted by molar-refractivity contribution is 5.14. The molecule has 0 aliphatic heterocycles. The largest absolute Gasteiger partial charge is 0.310 e. The SMILES string of the molecule is CCCCCCCCC(NCC)c1ccncc1. The number of hydrogen-bond donors (Lipinski definition) is 1. The van der Waals surface area contributed by atoms with E-state index < -0.39 is 0 Å². The first-order valence-electron chi connectivity index (χ1n) is 7.51. The molecule has 1 rings (SSSR count). The third-order valence-corrected chi connectivity index (χ3v) is 3.41. The molecule has 0 saturated heterocycles. The molecule has 1 aromatic rings. The van der Waals surface area contributed by atoms with E-state index in [9.17, 15) is 0 Å². The van der Waals surface area contributed by atoms with Crippen LogP contribution < -0.4 is 5.32 Å². The lowest BCUT2D eigenvalue weighted by atomic mass is 10.0. The van der Waals surface area contributed by atoms with Crippen molar-refractivity contribution in [3.05, 3.63) is 30.1 Å². The van der Waals surface area contributed by atoms with Crippen LogP contribution in [0, 0.1) is 0 Å². The Morgan fingerprint density at radius 2 is 1.67 bits per heavy atom. The minimum Gasteiger partial charge on any atom is -0.310 e. The van der Waals surface area contributed by atoms with Gasteiger partial charge in [0.2, 0.25) is 0 Å². The van der Waals surface area contributed by atoms with E-state index in [2.05, 4.69) is 36.3 Å². The number of aromatic nitrogens is 1. The second-order valence-electron chi connectivity index (χ2n) is 4.95. The average molecular weight is 248 g/mol. The minimum absolute atomic E-state index is 0.504. The molecule has 1 N–H and O–H groups in total. The predicted molar refractivity (Wildman–Crippen MR) is 78.6 cm³/mol. The first-order valence-corrected chi connectivity index (χ1v) is 7.51. The lowest BCUT2D eigenvalue weighted by molar-refractivity contribution is 0.476. The highest BCUT2D eigenvalue weighted by Crippen LogP contribution is 2.19. The van der Waals surface area contributed by atoms with Crippen molar-refractivity contribution in [1.29, 1.82) is 0 Å². The number of hydrogen-bond acceptors (Lipinski definition) is 2. The van der Waals surface area contributed by atoms with Gasteiger partial charge in [0.05, 0.1) is 0 Å². The minimum atomic E-state index is 0.504. The van der Waals surface area contributed by atoms with Crippen molar-refractivity contribution in [3.63, 3.8) is 0 Å². The molecule has 1 unspecified atom stereocenters. The van der Waals surface area contributed by atoms with Crippen molar-refractivity contribution in [2.45, 2.75) is 64.8 Å². The van der Waals surface area contributed by atoms with Crippen LogP contribution in [0.3, 0.4) is 0 Å². The Kier molecular flexibility index (Phi) is 8.49. The fourth-order valence-electron chi connectivity index (χ4n) is 2.36. The zero-order valence-corrected chi connectivity index (χ0v) is 12.0. The fourth-order valence-corrected chi connectivity index (χ4v) is 2.36. The number of unbranched alkanes of at least 4 members (excludes halogenated alkanes) is 5. The number of rotatable bonds is 10. The maximum atomic E-state index is 4.09. The van der Waals surface area contributed by atoms with Gasteiger partial charge < -0.3 is 5.32 Å². The lowest BCUT2D eigenvalue weighted by Crippen LogP contribution is -2.20. The second-order valence-corrected chi connectivity index (χ2v) is 4.95. The van der Waals surface area contributed by atoms with Crippen molar-refractivity contribution in [2.75, 3.05) is 6.54 Å². The zero-order chi connectivity index (χ0) is 13.1. The molecule has 0 fully saturated rings. The van der Waals surface area contributed by atoms with Crippen LogP contribution >= 0.6 is 0 Å². The van der Waals surface area contributed by atoms with Gasteiger partial charge in [0.15, 0.2) is 0 Å². The van der Waals surface area contributed by atoms with Gasteiger partial charge in [0.1, 0.15) is 0 Å². The quantitative estimate of drug-likeness (QED) is 0.617. The summed E-state index contributed by atoms with van der Waals surface area (Å²) in [5, 5.41) is 3.57. The predicted octanol–water partition coefficient (Wildman–Crippen LogP) is 4.48. The summed E-state index contributed by atoms with van der Waals surface area (Å²) in [6.07, 6.45) is 13.2. The molecule has 18 heavy (non-hydrogen) atoms. The first kappa shape index (κ1) is 15.2. The van der Waals surface area contributed by atoms with Gasteiger partial charge in [-0.1, -0.05) is 52.4 Å². The van der Waals surface area contributed by atoms with Gasteiger partial charge in [-0.15, -0.1) is 0 Å². The molecule has 0 aromatic carbocycles. The van der Waals surface area contributed by atoms with Crippen LogP contribution in [0.2, 0.25) is 0 Å². The highest BCUT2D eigenvalue weighted by atomic mass is 14.9. The Labute approximate surface area is 112 Å². The van der Waals surface area contributed by atoms with Gasteiger partial charge >= 0.3 is 0 Å². The zero-order valence-electron chi connectivity index (χ0n) is 12.0. The molecule has 1 aromatic heterocycles. The van der Waals surface area contributed by atoms with Crippen molar-refractivity contribution in [3.8, 4) is 0 Å². The molecule has 0 aliphatic carbocycles. The summed E-state index contributed by atoms with van der Waals surface area (Å²) >= 11 is 0. The van der Waals surface area contributed by atoms with Crippen molar-refractivity contribution in [2.24, 2.45) is 0 Å². The van der Waals surface area contributed by atoms with Crippen molar-refractivity contribution >= 4 is 0 Å². The molecule has 0 amide bonds. The summed E-state index contributed by atoms with van der Waals surface area (Å²) < 4.78 is 0. The lowest BCUT2D eigenvalue weighted by Gasteiger charge is -2.18. The van der Waals surface area contributed by atoms with Crippen LogP contribution in [0.4, 0.5) is 0 Å². The molecule has 0 bridgehead atoms. The van der Waals surface area contributed by atoms with Gasteiger partial charge in [-0.3, -0.25) is 4.98 Å². The molecule has 1 heterocycles. The highest BCUT2D eigenvalue weighted by Gasteiger charge is 2.08. The molecule has 2 nitrogen and oxygen atoms in total. The van der Waals surface area contributed by atoms with Gasteiger partial charge in [-0.2, -0.15) is 0 Å². The molecule has 0 spiro atoms. The summed E-state index contributed by atoms with van der Waals surface area (Å²) in [6.45, 7) is 5.48. The Balaban J connectivity index is 2.26. The van der Waals surface area contributed by atoms with E-state index in [1.54, 1.807) is 0 Å². The summed E-state index contributed by atoms with van der Waals surface area (Å²) in [5.41, 5.74) is 1.38. The van der Waals surface area contributed by atoms with E-state index in [0.29, 0.717) is 6.04 Å². The normalized spacial score (nSPS) is 12.6. The summed E-state index contributed by atoms with van der Waals surface area (Å²) in [5.74, 6) is 0. The Bertz CT molecular complexity index is 284. The van der Waals surface area contributed by atoms with Crippen LogP contribution in [0.15, 0.2) is 24.5 Å². The van der Waals surface area contributed by atoms with Crippen LogP contribution in [-0.2, 0) is 0 Å². The Hall–Kier alpha value is -0.890. The number of nitrogens with zero attached hydrogens (tertiary/aromatic N) is 1. The van der Waals surface area contributed by atoms with Gasteiger partial charge in [0, 0.05) is 18.4 Å². The summed E-state index contributed by atoms with van der Waals surface area (Å²) in [7, 11) is 0. The van der Waals surface area contributed by atoms with E-state index in [1.165, 1.54) is 50.5 Å². The average Bonchev–Trinajstić information content (AvgIpc) is 2.42. The topological polar surface area (TPSA) is 24.9 Å². The molecular formula is C16H28N2. The monoisotopic (exact) mass is 248 g/mol. The maximum Gasteiger partial charge on any atom is 0.0321 e. The molecular weight excluding hydrogens is 220 g/mol. The van der Waals surface area contributed by atoms with Crippen LogP contribution in [0.25, 0.3) is 0 Å². The van der Waals surface area contributed by atoms with E-state index in [-0.39, 0.29) is 0 Å². The molecule has 0 saturated carbocycles. The van der Waals surface area contributed by atoms with Gasteiger partial charge in [-0.25, -0.2) is 0 Å². The maximum absolute atomic E-state index is 4.09. The summed E-state index contributed by atoms with van der Waals surface area (Å²) in [4.78, 5) is 4.09. The van der Waals surface area contributed by atoms with Crippen LogP contribution in [0.1, 0.15) is 70.4 Å². The molecule has 1 atom stereocenters. The summed E-state index contributed by atoms with van der Waals surface area (Å²) in [6, 6.07) is 4.76. The molecule has 0 radical (unpaired) electrons. The van der Waals surface area contributed by atoms with E-state index >= 15 is 0 Å². The van der Waals surface area contributed by atoms with Crippen molar-refractivity contribution in [1.82, 2.24) is 10.3 Å². The third-order valence-electron chi connectivity index (χ3n) is 3.41. The van der Waals surface area contributed by atoms with Gasteiger partial charge in [-0.05, 0) is 30.7 Å². The smallest absolute Gasteiger partial charge is 0.0321 e. The van der Waals surface area contributed by atoms with E-state index in [0.717, 1.165) is 6.54 Å². The fraction of sp³-hybridized carbons (Fsp3) is 0.688. The Morgan fingerprint density at radius 3 is 2.33 bits per heavy atom. The molecule has 102 valence electrons. The van der Waals surface area contributed by atoms with E-state index in [1.807, 2.05) is 12.4 Å². The second kappa shape index (κ2) is 10.1. The van der Waals surface area contributed by atoms with Gasteiger partial charge in [0.25, 0.3) is 0 Å². The first-order chi connectivity index (χ1) is 8.88. The Morgan fingerprint density at radius 1 is 1.00 bits per heavy atom.